The number of aliphatic carboxylic acids is 2. The van der Waals surface area contributed by atoms with Crippen LogP contribution >= 0.6 is 0 Å². The van der Waals surface area contributed by atoms with Crippen molar-refractivity contribution in [1.29, 1.82) is 0 Å². The molecule has 2 N–H and O–H groups in total. The average molecular weight is 207 g/mol. The molecule has 4 nitrogen and oxygen atoms in total. The van der Waals surface area contributed by atoms with E-state index in [1.807, 2.05) is 0 Å². The van der Waals surface area contributed by atoms with Gasteiger partial charge in [0, 0.05) is 38.4 Å². The predicted octanol–water partition coefficient (Wildman–Crippen LogP) is -0.291. The van der Waals surface area contributed by atoms with Gasteiger partial charge >= 0.3 is 11.9 Å². The minimum atomic E-state index is -1.26. The molecule has 0 atom stereocenters. The molecule has 0 saturated carbocycles. The molecule has 0 bridgehead atoms. The maximum absolute atomic E-state index is 9.55. The van der Waals surface area contributed by atoms with Crippen molar-refractivity contribution >= 4 is 11.9 Å². The summed E-state index contributed by atoms with van der Waals surface area (Å²) in [6.07, 6.45) is 1.12. The van der Waals surface area contributed by atoms with Gasteiger partial charge in [-0.3, -0.25) is 0 Å². The Morgan fingerprint density at radius 3 is 1.33 bits per heavy atom. The molecule has 0 heterocycles. The van der Waals surface area contributed by atoms with Gasteiger partial charge in [-0.05, 0) is 0 Å². The Labute approximate surface area is 70.3 Å². The van der Waals surface area contributed by atoms with Gasteiger partial charge in [-0.25, -0.2) is 9.59 Å². The molecule has 0 aliphatic rings. The van der Waals surface area contributed by atoms with E-state index in [1.165, 1.54) is 0 Å². The van der Waals surface area contributed by atoms with Crippen molar-refractivity contribution in [2.45, 2.75) is 0 Å². The van der Waals surface area contributed by atoms with E-state index in [0.717, 1.165) is 0 Å². The van der Waals surface area contributed by atoms with Crippen LogP contribution in [0.4, 0.5) is 0 Å². The number of carboxylic acids is 2. The number of carbonyl (C=O) groups is 2. The number of hydrogen-bond acceptors (Lipinski definition) is 2. The van der Waals surface area contributed by atoms with Crippen LogP contribution in [-0.2, 0) is 35.8 Å². The molecule has 0 aromatic heterocycles. The summed E-state index contributed by atoms with van der Waals surface area (Å²) >= 11 is 0. The Kier molecular flexibility index (Phi) is 7.20. The third-order valence-corrected chi connectivity index (χ3v) is 0.368. The third-order valence-electron chi connectivity index (χ3n) is 0.368. The van der Waals surface area contributed by atoms with Crippen LogP contribution in [0.5, 0.6) is 0 Å². The molecule has 0 aliphatic carbocycles. The van der Waals surface area contributed by atoms with Crippen molar-refractivity contribution < 1.29 is 46.0 Å². The van der Waals surface area contributed by atoms with Crippen molar-refractivity contribution in [3.63, 3.8) is 0 Å². The zero-order valence-corrected chi connectivity index (χ0v) is 6.82. The summed E-state index contributed by atoms with van der Waals surface area (Å²) in [7, 11) is 0. The molecule has 0 unspecified atom stereocenters. The maximum Gasteiger partial charge on any atom is 0.328 e. The number of rotatable bonds is 2. The average Bonchev–Trinajstić information content (AvgIpc) is 1.61. The number of hydrogen-bond donors (Lipinski definition) is 2. The van der Waals surface area contributed by atoms with Gasteiger partial charge in [0.15, 0.2) is 0 Å². The molecule has 0 amide bonds. The van der Waals surface area contributed by atoms with Crippen LogP contribution in [0.15, 0.2) is 12.2 Å². The fourth-order valence-electron chi connectivity index (χ4n) is 0.143. The third kappa shape index (κ3) is 11.2. The van der Waals surface area contributed by atoms with Crippen LogP contribution in [0.25, 0.3) is 0 Å². The van der Waals surface area contributed by atoms with Crippen LogP contribution in [0.1, 0.15) is 0 Å². The van der Waals surface area contributed by atoms with Gasteiger partial charge in [-0.1, -0.05) is 0 Å². The Morgan fingerprint density at radius 2 is 1.22 bits per heavy atom. The Balaban J connectivity index is 0. The topological polar surface area (TPSA) is 74.6 Å². The molecule has 0 spiro atoms. The van der Waals surface area contributed by atoms with Crippen molar-refractivity contribution in [3.05, 3.63) is 12.2 Å². The molecule has 0 aromatic rings. The van der Waals surface area contributed by atoms with Gasteiger partial charge in [0.2, 0.25) is 0 Å². The summed E-state index contributed by atoms with van der Waals surface area (Å²) in [6.45, 7) is 0. The van der Waals surface area contributed by atoms with E-state index in [-0.39, 0.29) is 26.2 Å². The van der Waals surface area contributed by atoms with Gasteiger partial charge in [-0.2, -0.15) is 0 Å². The summed E-state index contributed by atoms with van der Waals surface area (Å²) in [6, 6.07) is 0. The van der Waals surface area contributed by atoms with E-state index in [2.05, 4.69) is 0 Å². The largest absolute Gasteiger partial charge is 0.478 e. The molecule has 9 heavy (non-hydrogen) atoms. The second kappa shape index (κ2) is 5.70. The summed E-state index contributed by atoms with van der Waals surface area (Å²) in [5.74, 6) is -2.51. The van der Waals surface area contributed by atoms with Gasteiger partial charge in [-0.15, -0.1) is 0 Å². The second-order valence-electron chi connectivity index (χ2n) is 1.01. The van der Waals surface area contributed by atoms with Crippen molar-refractivity contribution in [2.24, 2.45) is 0 Å². The summed E-state index contributed by atoms with van der Waals surface area (Å²) in [5.41, 5.74) is 0. The Hall–Kier alpha value is -0.437. The van der Waals surface area contributed by atoms with E-state index in [4.69, 9.17) is 10.2 Å². The molecule has 48 valence electrons. The van der Waals surface area contributed by atoms with Gasteiger partial charge in [0.1, 0.15) is 0 Å². The van der Waals surface area contributed by atoms with Crippen LogP contribution < -0.4 is 0 Å². The Morgan fingerprint density at radius 1 is 1.00 bits per heavy atom. The summed E-state index contributed by atoms with van der Waals surface area (Å²) in [4.78, 5) is 19.1. The zero-order chi connectivity index (χ0) is 6.57. The van der Waals surface area contributed by atoms with E-state index >= 15 is 0 Å². The van der Waals surface area contributed by atoms with Crippen molar-refractivity contribution in [1.82, 2.24) is 0 Å². The normalized spacial score (nSPS) is 8.44. The van der Waals surface area contributed by atoms with Crippen LogP contribution in [0, 0.1) is 0 Å². The van der Waals surface area contributed by atoms with Gasteiger partial charge < -0.3 is 10.2 Å². The van der Waals surface area contributed by atoms with Crippen LogP contribution in [0.3, 0.4) is 0 Å². The van der Waals surface area contributed by atoms with E-state index in [9.17, 15) is 9.59 Å². The first-order valence-electron chi connectivity index (χ1n) is 1.77. The van der Waals surface area contributed by atoms with E-state index in [1.54, 1.807) is 0 Å². The summed E-state index contributed by atoms with van der Waals surface area (Å²) < 4.78 is 0. The minimum absolute atomic E-state index is 0. The maximum atomic E-state index is 9.55. The van der Waals surface area contributed by atoms with Crippen molar-refractivity contribution in [3.8, 4) is 0 Å². The molecule has 0 aromatic carbocycles. The SMILES string of the molecule is O=C(O)/C=C\C(=O)O.[Zr]. The first-order chi connectivity index (χ1) is 3.63. The first-order valence-corrected chi connectivity index (χ1v) is 1.77. The quantitative estimate of drug-likeness (QED) is 0.610. The second-order valence-corrected chi connectivity index (χ2v) is 1.01. The van der Waals surface area contributed by atoms with E-state index in [0.29, 0.717) is 12.2 Å². The Bertz CT molecular complexity index is 124. The predicted molar refractivity (Wildman–Crippen MR) is 24.4 cm³/mol. The smallest absolute Gasteiger partial charge is 0.328 e. The first kappa shape index (κ1) is 11.4. The number of carboxylic acid groups (broad SMARTS) is 2. The van der Waals surface area contributed by atoms with Crippen LogP contribution in [-0.4, -0.2) is 22.2 Å². The molecule has 0 saturated heterocycles. The minimum Gasteiger partial charge on any atom is -0.478 e. The van der Waals surface area contributed by atoms with Crippen LogP contribution in [0.2, 0.25) is 0 Å². The molecule has 0 radical (unpaired) electrons. The zero-order valence-electron chi connectivity index (χ0n) is 4.37. The summed E-state index contributed by atoms with van der Waals surface area (Å²) in [5, 5.41) is 15.6. The fraction of sp³-hybridized carbons (Fsp3) is 0. The molecule has 0 aliphatic heterocycles. The van der Waals surface area contributed by atoms with Gasteiger partial charge in [0.25, 0.3) is 0 Å². The fourth-order valence-corrected chi connectivity index (χ4v) is 0.143. The monoisotopic (exact) mass is 206 g/mol. The standard InChI is InChI=1S/C4H4O4.Zr/c5-3(6)1-2-4(7)8;/h1-2H,(H,5,6)(H,7,8);/b2-1-;. The van der Waals surface area contributed by atoms with Crippen molar-refractivity contribution in [2.75, 3.05) is 0 Å². The van der Waals surface area contributed by atoms with Gasteiger partial charge in [0.05, 0.1) is 0 Å². The molecular weight excluding hydrogens is 203 g/mol. The molecule has 5 heteroatoms. The molecular formula is C4H4O4Zr. The molecule has 0 rings (SSSR count). The molecule has 0 fully saturated rings. The van der Waals surface area contributed by atoms with E-state index < -0.39 is 11.9 Å².